The van der Waals surface area contributed by atoms with Crippen LogP contribution in [0.25, 0.3) is 11.3 Å². The topological polar surface area (TPSA) is 147 Å². The number of esters is 1. The second-order valence-corrected chi connectivity index (χ2v) is 14.7. The maximum absolute atomic E-state index is 13.9. The van der Waals surface area contributed by atoms with Crippen molar-refractivity contribution in [2.24, 2.45) is 0 Å². The van der Waals surface area contributed by atoms with E-state index in [2.05, 4.69) is 15.2 Å². The molecule has 0 spiro atoms. The Balaban J connectivity index is 1.56. The molecule has 5 rings (SSSR count). The smallest absolute Gasteiger partial charge is 0.302 e. The monoisotopic (exact) mass is 652 g/mol. The molecule has 0 saturated carbocycles. The summed E-state index contributed by atoms with van der Waals surface area (Å²) in [6.07, 6.45) is -0.385. The number of likely N-dealkylation sites (tertiary alicyclic amines) is 1. The molecule has 0 bridgehead atoms. The summed E-state index contributed by atoms with van der Waals surface area (Å²) in [5.41, 5.74) is 1.35. The lowest BCUT2D eigenvalue weighted by atomic mass is 9.86. The summed E-state index contributed by atoms with van der Waals surface area (Å²) in [4.78, 5) is 23.7. The Morgan fingerprint density at radius 3 is 2.33 bits per heavy atom. The molecule has 11 nitrogen and oxygen atoms in total. The minimum atomic E-state index is -1.62. The Bertz CT molecular complexity index is 1550. The third kappa shape index (κ3) is 6.59. The molecule has 2 saturated heterocycles. The lowest BCUT2D eigenvalue weighted by molar-refractivity contribution is -0.141. The predicted molar refractivity (Wildman–Crippen MR) is 161 cm³/mol. The molecule has 2 fully saturated rings. The van der Waals surface area contributed by atoms with Gasteiger partial charge in [0.1, 0.15) is 18.3 Å². The number of aromatic nitrogens is 5. The van der Waals surface area contributed by atoms with Crippen LogP contribution in [0, 0.1) is 38.2 Å². The van der Waals surface area contributed by atoms with Gasteiger partial charge in [-0.1, -0.05) is 5.21 Å². The predicted octanol–water partition coefficient (Wildman–Crippen LogP) is 2.49. The summed E-state index contributed by atoms with van der Waals surface area (Å²) in [5.74, 6) is -4.84. The minimum absolute atomic E-state index is 0.00360. The van der Waals surface area contributed by atoms with Crippen molar-refractivity contribution in [2.75, 3.05) is 32.5 Å². The largest absolute Gasteiger partial charge is 0.465 e. The minimum Gasteiger partial charge on any atom is -0.465 e. The molecular weight excluding hydrogens is 613 g/mol. The van der Waals surface area contributed by atoms with Crippen molar-refractivity contribution in [3.63, 3.8) is 0 Å². The SMILES string of the molecule is CC(=O)OC[C@@H]1[C@H](O)[C@@H](n2cc(-c3cc(F)c(F)c(F)c3)nn2)[C@@H](O)C[SH]1C(c1nc(C)c(C)nc1C)C1(O)CCN(C)CC1. The van der Waals surface area contributed by atoms with E-state index in [1.807, 2.05) is 27.8 Å². The highest BCUT2D eigenvalue weighted by Gasteiger charge is 2.53. The summed E-state index contributed by atoms with van der Waals surface area (Å²) in [7, 11) is 0.451. The summed E-state index contributed by atoms with van der Waals surface area (Å²) >= 11 is 0. The van der Waals surface area contributed by atoms with Gasteiger partial charge in [0.15, 0.2) is 17.5 Å². The first-order chi connectivity index (χ1) is 21.2. The number of carbonyl (C=O) groups is 1. The molecule has 2 aliphatic rings. The van der Waals surface area contributed by atoms with Crippen molar-refractivity contribution in [3.8, 4) is 11.3 Å². The average molecular weight is 653 g/mol. The van der Waals surface area contributed by atoms with Gasteiger partial charge >= 0.3 is 5.97 Å². The number of ether oxygens (including phenoxy) is 1. The van der Waals surface area contributed by atoms with Crippen LogP contribution in [-0.4, -0.2) is 107 Å². The number of benzene rings is 1. The summed E-state index contributed by atoms with van der Waals surface area (Å²) in [6, 6.07) is 0.479. The van der Waals surface area contributed by atoms with Crippen LogP contribution in [0.5, 0.6) is 0 Å². The van der Waals surface area contributed by atoms with Crippen molar-refractivity contribution in [1.82, 2.24) is 29.9 Å². The Labute approximate surface area is 261 Å². The molecule has 2 aromatic heterocycles. The molecule has 3 N–H and O–H groups in total. The van der Waals surface area contributed by atoms with Gasteiger partial charge in [-0.3, -0.25) is 14.8 Å². The number of piperidine rings is 1. The maximum atomic E-state index is 13.9. The number of hydrogen-bond donors (Lipinski definition) is 4. The van der Waals surface area contributed by atoms with Crippen LogP contribution >= 0.6 is 10.9 Å². The second kappa shape index (κ2) is 12.9. The van der Waals surface area contributed by atoms with E-state index in [9.17, 15) is 33.3 Å². The van der Waals surface area contributed by atoms with Gasteiger partial charge in [0.25, 0.3) is 0 Å². The van der Waals surface area contributed by atoms with Crippen LogP contribution < -0.4 is 0 Å². The van der Waals surface area contributed by atoms with E-state index >= 15 is 0 Å². The molecule has 15 heteroatoms. The van der Waals surface area contributed by atoms with Gasteiger partial charge in [0.05, 0.1) is 52.0 Å². The summed E-state index contributed by atoms with van der Waals surface area (Å²) in [6.45, 7) is 7.85. The number of hydrogen-bond acceptors (Lipinski definition) is 10. The number of carbonyl (C=O) groups excluding carboxylic acids is 1. The van der Waals surface area contributed by atoms with Gasteiger partial charge in [-0.25, -0.2) is 28.7 Å². The van der Waals surface area contributed by atoms with E-state index in [4.69, 9.17) is 14.7 Å². The molecule has 0 aliphatic carbocycles. The van der Waals surface area contributed by atoms with Gasteiger partial charge in [0, 0.05) is 36.6 Å². The van der Waals surface area contributed by atoms with Crippen molar-refractivity contribution >= 4 is 16.9 Å². The number of aliphatic hydroxyl groups excluding tert-OH is 2. The number of nitrogens with zero attached hydrogens (tertiary/aromatic N) is 6. The fraction of sp³-hybridized carbons (Fsp3) is 0.567. The third-order valence-corrected chi connectivity index (χ3v) is 12.5. The first kappa shape index (κ1) is 33.3. The standard InChI is InChI=1S/C30H39F3N6O5S/c1-15-16(2)35-26(17(3)34-15)29(30(43)6-8-38(5)9-7-30)45-14-23(41)27(28(42)24(45)13-44-18(4)40)39-12-22(36-37-39)19-10-20(31)25(33)21(32)11-19/h10-12,23-24,27-29,41-43,45H,6-9,13-14H2,1-5H3/t23-,24+,27-,28-,29?/m0/s1. The highest BCUT2D eigenvalue weighted by Crippen LogP contribution is 2.59. The Kier molecular flexibility index (Phi) is 9.57. The zero-order valence-electron chi connectivity index (χ0n) is 25.8. The van der Waals surface area contributed by atoms with Crippen LogP contribution in [0.2, 0.25) is 0 Å². The first-order valence-corrected chi connectivity index (χ1v) is 16.4. The van der Waals surface area contributed by atoms with Crippen molar-refractivity contribution in [2.45, 2.75) is 74.9 Å². The molecule has 2 aliphatic heterocycles. The Morgan fingerprint density at radius 1 is 1.09 bits per heavy atom. The fourth-order valence-electron chi connectivity index (χ4n) is 6.39. The molecule has 4 heterocycles. The molecule has 45 heavy (non-hydrogen) atoms. The highest BCUT2D eigenvalue weighted by atomic mass is 32.2. The molecule has 6 atom stereocenters. The Hall–Kier alpha value is -3.11. The Morgan fingerprint density at radius 2 is 1.71 bits per heavy atom. The van der Waals surface area contributed by atoms with E-state index in [-0.39, 0.29) is 23.6 Å². The number of aryl methyl sites for hydroxylation is 3. The molecule has 246 valence electrons. The summed E-state index contributed by atoms with van der Waals surface area (Å²) < 4.78 is 48.1. The number of halogens is 3. The van der Waals surface area contributed by atoms with Crippen LogP contribution in [0.3, 0.4) is 0 Å². The zero-order valence-corrected chi connectivity index (χ0v) is 26.7. The maximum Gasteiger partial charge on any atom is 0.302 e. The van der Waals surface area contributed by atoms with E-state index in [1.165, 1.54) is 17.8 Å². The first-order valence-electron chi connectivity index (χ1n) is 14.7. The van der Waals surface area contributed by atoms with E-state index < -0.39 is 68.7 Å². The lowest BCUT2D eigenvalue weighted by Crippen LogP contribution is -2.54. The zero-order chi connectivity index (χ0) is 32.8. The van der Waals surface area contributed by atoms with Gasteiger partial charge in [-0.05, 0) is 52.8 Å². The van der Waals surface area contributed by atoms with Crippen LogP contribution in [0.1, 0.15) is 53.8 Å². The third-order valence-electron chi connectivity index (χ3n) is 8.99. The molecule has 2 unspecified atom stereocenters. The van der Waals surface area contributed by atoms with Crippen LogP contribution in [0.15, 0.2) is 18.3 Å². The van der Waals surface area contributed by atoms with Gasteiger partial charge in [-0.15, -0.1) is 5.10 Å². The quantitative estimate of drug-likeness (QED) is 0.171. The number of rotatable bonds is 7. The van der Waals surface area contributed by atoms with E-state index in [0.29, 0.717) is 43.0 Å². The van der Waals surface area contributed by atoms with E-state index in [1.54, 1.807) is 0 Å². The molecule has 0 radical (unpaired) electrons. The van der Waals surface area contributed by atoms with E-state index in [0.717, 1.165) is 17.8 Å². The molecule has 3 aromatic rings. The highest BCUT2D eigenvalue weighted by molar-refractivity contribution is 8.18. The van der Waals surface area contributed by atoms with Crippen molar-refractivity contribution in [1.29, 1.82) is 0 Å². The fourth-order valence-corrected chi connectivity index (χ4v) is 10.2. The number of thiol groups is 1. The van der Waals surface area contributed by atoms with Crippen molar-refractivity contribution < 1.29 is 38.0 Å². The summed E-state index contributed by atoms with van der Waals surface area (Å²) in [5, 5.41) is 42.5. The molecule has 0 amide bonds. The van der Waals surface area contributed by atoms with Gasteiger partial charge < -0.3 is 25.0 Å². The van der Waals surface area contributed by atoms with Gasteiger partial charge in [0.2, 0.25) is 0 Å². The average Bonchev–Trinajstić information content (AvgIpc) is 3.45. The normalized spacial score (nSPS) is 26.9. The van der Waals surface area contributed by atoms with Gasteiger partial charge in [-0.2, -0.15) is 0 Å². The van der Waals surface area contributed by atoms with Crippen molar-refractivity contribution in [3.05, 3.63) is 58.6 Å². The lowest BCUT2D eigenvalue weighted by Gasteiger charge is -2.53. The number of aliphatic hydroxyl groups is 3. The molecular formula is C30H39F3N6O5S. The molecule has 1 aromatic carbocycles. The van der Waals surface area contributed by atoms with Crippen LogP contribution in [-0.2, 0) is 9.53 Å². The second-order valence-electron chi connectivity index (χ2n) is 12.1. The van der Waals surface area contributed by atoms with Crippen LogP contribution in [0.4, 0.5) is 13.2 Å².